The fourth-order valence-electron chi connectivity index (χ4n) is 1.92. The molecule has 2 rings (SSSR count). The van der Waals surface area contributed by atoms with E-state index >= 15 is 0 Å². The second kappa shape index (κ2) is 5.60. The van der Waals surface area contributed by atoms with E-state index in [0.29, 0.717) is 6.07 Å². The Morgan fingerprint density at radius 2 is 1.87 bits per heavy atom. The summed E-state index contributed by atoms with van der Waals surface area (Å²) >= 11 is 0. The van der Waals surface area contributed by atoms with Crippen LogP contribution in [0, 0.1) is 17.1 Å². The smallest absolute Gasteiger partial charge is 0.416 e. The summed E-state index contributed by atoms with van der Waals surface area (Å²) in [4.78, 5) is 7.25. The molecule has 23 heavy (non-hydrogen) atoms. The zero-order chi connectivity index (χ0) is 17.4. The number of anilines is 2. The largest absolute Gasteiger partial charge is 0.496 e. The first-order valence-electron chi connectivity index (χ1n) is 5.97. The number of hydrogen-bond donors (Lipinski definition) is 2. The molecule has 0 spiro atoms. The maximum Gasteiger partial charge on any atom is 0.416 e. The van der Waals surface area contributed by atoms with Gasteiger partial charge in [-0.2, -0.15) is 23.4 Å². The van der Waals surface area contributed by atoms with Crippen molar-refractivity contribution in [3.05, 3.63) is 29.1 Å². The van der Waals surface area contributed by atoms with E-state index < -0.39 is 28.9 Å². The predicted octanol–water partition coefficient (Wildman–Crippen LogP) is 2.35. The summed E-state index contributed by atoms with van der Waals surface area (Å²) in [7, 11) is 1.05. The first kappa shape index (κ1) is 16.3. The van der Waals surface area contributed by atoms with Gasteiger partial charge in [0.1, 0.15) is 34.7 Å². The molecule has 0 unspecified atom stereocenters. The Hall–Kier alpha value is -3.09. The Labute approximate surface area is 127 Å². The molecule has 6 nitrogen and oxygen atoms in total. The van der Waals surface area contributed by atoms with E-state index in [-0.39, 0.29) is 29.1 Å². The number of methoxy groups -OCH3 is 1. The van der Waals surface area contributed by atoms with Gasteiger partial charge in [0.25, 0.3) is 0 Å². The van der Waals surface area contributed by atoms with Crippen LogP contribution in [0.3, 0.4) is 0 Å². The summed E-state index contributed by atoms with van der Waals surface area (Å²) in [6.45, 7) is 0. The Bertz CT molecular complexity index is 813. The van der Waals surface area contributed by atoms with Crippen LogP contribution in [0.1, 0.15) is 11.1 Å². The molecule has 10 heteroatoms. The van der Waals surface area contributed by atoms with Crippen molar-refractivity contribution in [3.63, 3.8) is 0 Å². The van der Waals surface area contributed by atoms with Gasteiger partial charge in [-0.1, -0.05) is 0 Å². The molecule has 0 fully saturated rings. The predicted molar refractivity (Wildman–Crippen MR) is 72.5 cm³/mol. The fraction of sp³-hybridized carbons (Fsp3) is 0.154. The number of nitrogens with zero attached hydrogens (tertiary/aromatic N) is 3. The maximum atomic E-state index is 14.3. The number of rotatable bonds is 2. The van der Waals surface area contributed by atoms with E-state index in [4.69, 9.17) is 21.5 Å². The zero-order valence-corrected chi connectivity index (χ0v) is 11.6. The highest BCUT2D eigenvalue weighted by atomic mass is 19.4. The van der Waals surface area contributed by atoms with Gasteiger partial charge in [0, 0.05) is 0 Å². The van der Waals surface area contributed by atoms with Crippen LogP contribution in [0.25, 0.3) is 11.3 Å². The van der Waals surface area contributed by atoms with Crippen molar-refractivity contribution in [2.24, 2.45) is 0 Å². The minimum Gasteiger partial charge on any atom is -0.496 e. The van der Waals surface area contributed by atoms with Crippen molar-refractivity contribution in [1.29, 1.82) is 5.26 Å². The maximum absolute atomic E-state index is 14.3. The molecule has 1 aromatic carbocycles. The van der Waals surface area contributed by atoms with Crippen LogP contribution in [-0.2, 0) is 6.18 Å². The molecule has 0 aliphatic heterocycles. The molecule has 0 atom stereocenters. The van der Waals surface area contributed by atoms with E-state index in [1.165, 1.54) is 0 Å². The standard InChI is InChI=1S/C13H9F4N5O/c1-23-8-3-5(13(15,16)17)2-7(14)9(8)10-6(4-18)11(19)22-12(20)21-10/h2-3H,1H3,(H4,19,20,21,22). The lowest BCUT2D eigenvalue weighted by atomic mass is 10.0. The molecule has 1 heterocycles. The third-order valence-corrected chi connectivity index (χ3v) is 2.90. The van der Waals surface area contributed by atoms with E-state index in [1.807, 2.05) is 0 Å². The SMILES string of the molecule is COc1cc(C(F)(F)F)cc(F)c1-c1nc(N)nc(N)c1C#N. The van der Waals surface area contributed by atoms with Gasteiger partial charge in [-0.25, -0.2) is 9.37 Å². The number of alkyl halides is 3. The van der Waals surface area contributed by atoms with Crippen LogP contribution in [0.2, 0.25) is 0 Å². The second-order valence-corrected chi connectivity index (χ2v) is 4.34. The van der Waals surface area contributed by atoms with Gasteiger partial charge in [-0.15, -0.1) is 0 Å². The highest BCUT2D eigenvalue weighted by molar-refractivity contribution is 5.78. The van der Waals surface area contributed by atoms with Crippen molar-refractivity contribution in [2.45, 2.75) is 6.18 Å². The first-order valence-corrected chi connectivity index (χ1v) is 5.97. The Kier molecular flexibility index (Phi) is 3.97. The monoisotopic (exact) mass is 327 g/mol. The number of benzene rings is 1. The third-order valence-electron chi connectivity index (χ3n) is 2.90. The number of aromatic nitrogens is 2. The van der Waals surface area contributed by atoms with E-state index in [9.17, 15) is 17.6 Å². The van der Waals surface area contributed by atoms with E-state index in [1.54, 1.807) is 6.07 Å². The molecule has 0 radical (unpaired) electrons. The third kappa shape index (κ3) is 2.94. The topological polar surface area (TPSA) is 111 Å². The van der Waals surface area contributed by atoms with Gasteiger partial charge in [0.15, 0.2) is 0 Å². The van der Waals surface area contributed by atoms with Gasteiger partial charge in [0.05, 0.1) is 18.2 Å². The van der Waals surface area contributed by atoms with Crippen LogP contribution < -0.4 is 16.2 Å². The van der Waals surface area contributed by atoms with Crippen molar-refractivity contribution < 1.29 is 22.3 Å². The zero-order valence-electron chi connectivity index (χ0n) is 11.6. The normalized spacial score (nSPS) is 11.1. The Morgan fingerprint density at radius 1 is 1.22 bits per heavy atom. The van der Waals surface area contributed by atoms with Gasteiger partial charge >= 0.3 is 6.18 Å². The first-order chi connectivity index (χ1) is 10.7. The molecule has 0 aliphatic rings. The van der Waals surface area contributed by atoms with Gasteiger partial charge in [-0.05, 0) is 12.1 Å². The van der Waals surface area contributed by atoms with Crippen LogP contribution in [0.15, 0.2) is 12.1 Å². The molecule has 0 aliphatic carbocycles. The molecule has 0 saturated heterocycles. The number of nitrogens with two attached hydrogens (primary N) is 2. The number of nitrogen functional groups attached to an aromatic ring is 2. The summed E-state index contributed by atoms with van der Waals surface area (Å²) in [6, 6.07) is 2.53. The summed E-state index contributed by atoms with van der Waals surface area (Å²) in [6.07, 6.45) is -4.77. The summed E-state index contributed by atoms with van der Waals surface area (Å²) in [5.41, 5.74) is 8.54. The van der Waals surface area contributed by atoms with Crippen molar-refractivity contribution >= 4 is 11.8 Å². The van der Waals surface area contributed by atoms with Gasteiger partial charge in [0.2, 0.25) is 5.95 Å². The summed E-state index contributed by atoms with van der Waals surface area (Å²) in [5.74, 6) is -2.44. The molecule has 0 saturated carbocycles. The van der Waals surface area contributed by atoms with Crippen molar-refractivity contribution in [3.8, 4) is 23.1 Å². The number of nitriles is 1. The fourth-order valence-corrected chi connectivity index (χ4v) is 1.92. The van der Waals surface area contributed by atoms with E-state index in [0.717, 1.165) is 7.11 Å². The van der Waals surface area contributed by atoms with Gasteiger partial charge < -0.3 is 16.2 Å². The number of hydrogen-bond acceptors (Lipinski definition) is 6. The average Bonchev–Trinajstić information content (AvgIpc) is 2.44. The quantitative estimate of drug-likeness (QED) is 0.819. The molecule has 2 aromatic rings. The highest BCUT2D eigenvalue weighted by Gasteiger charge is 2.33. The lowest BCUT2D eigenvalue weighted by molar-refractivity contribution is -0.137. The molecular weight excluding hydrogens is 318 g/mol. The minimum absolute atomic E-state index is 0.271. The Morgan fingerprint density at radius 3 is 2.39 bits per heavy atom. The van der Waals surface area contributed by atoms with Gasteiger partial charge in [-0.3, -0.25) is 0 Å². The molecule has 1 aromatic heterocycles. The molecule has 4 N–H and O–H groups in total. The summed E-state index contributed by atoms with van der Waals surface area (Å²) < 4.78 is 57.3. The average molecular weight is 327 g/mol. The minimum atomic E-state index is -4.77. The molecular formula is C13H9F4N5O. The highest BCUT2D eigenvalue weighted by Crippen LogP contribution is 2.40. The molecule has 120 valence electrons. The number of halogens is 4. The molecule has 0 amide bonds. The van der Waals surface area contributed by atoms with Crippen LogP contribution >= 0.6 is 0 Å². The molecule has 0 bridgehead atoms. The second-order valence-electron chi connectivity index (χ2n) is 4.34. The van der Waals surface area contributed by atoms with Crippen molar-refractivity contribution in [1.82, 2.24) is 9.97 Å². The lowest BCUT2D eigenvalue weighted by Gasteiger charge is -2.15. The number of ether oxygens (including phenoxy) is 1. The van der Waals surface area contributed by atoms with Crippen LogP contribution in [0.4, 0.5) is 29.3 Å². The Balaban J connectivity index is 2.83. The van der Waals surface area contributed by atoms with Crippen molar-refractivity contribution in [2.75, 3.05) is 18.6 Å². The summed E-state index contributed by atoms with van der Waals surface area (Å²) in [5, 5.41) is 9.10. The van der Waals surface area contributed by atoms with Crippen LogP contribution in [0.5, 0.6) is 5.75 Å². The van der Waals surface area contributed by atoms with E-state index in [2.05, 4.69) is 9.97 Å². The lowest BCUT2D eigenvalue weighted by Crippen LogP contribution is -2.09. The van der Waals surface area contributed by atoms with Crippen LogP contribution in [-0.4, -0.2) is 17.1 Å².